The Morgan fingerprint density at radius 3 is 2.56 bits per heavy atom. The maximum Gasteiger partial charge on any atom is 0.290 e. The molecule has 2 aromatic heterocycles. The van der Waals surface area contributed by atoms with E-state index >= 15 is 0 Å². The van der Waals surface area contributed by atoms with Crippen LogP contribution in [0.2, 0.25) is 0 Å². The van der Waals surface area contributed by atoms with E-state index in [4.69, 9.17) is 4.42 Å². The highest BCUT2D eigenvalue weighted by atomic mass is 16.3. The highest BCUT2D eigenvalue weighted by Crippen LogP contribution is 2.39. The number of nitrogens with one attached hydrogen (secondary N) is 1. The monoisotopic (exact) mass is 428 g/mol. The molecule has 0 spiro atoms. The summed E-state index contributed by atoms with van der Waals surface area (Å²) in [6, 6.07) is 16.4. The van der Waals surface area contributed by atoms with E-state index < -0.39 is 23.5 Å². The number of carbonyl (C=O) groups excluding carboxylic acids is 2. The minimum absolute atomic E-state index is 0.0328. The summed E-state index contributed by atoms with van der Waals surface area (Å²) in [5.41, 5.74) is 2.60. The standard InChI is InChI=1S/C25H20N2O5/c28-17-9-7-15(8-10-17)22-21(23(29)20-6-3-13-32-20)24(30)25(31)27(22)12-11-16-14-26-19-5-2-1-4-18(16)19/h1-10,13-14,22,26,28,30H,11-12H2. The predicted octanol–water partition coefficient (Wildman–Crippen LogP) is 4.29. The average Bonchev–Trinajstić information content (AvgIpc) is 3.53. The van der Waals surface area contributed by atoms with Gasteiger partial charge in [-0.05, 0) is 47.9 Å². The number of para-hydroxylation sites is 1. The van der Waals surface area contributed by atoms with Gasteiger partial charge in [0.1, 0.15) is 5.75 Å². The molecular formula is C25H20N2O5. The Morgan fingerprint density at radius 1 is 1.03 bits per heavy atom. The number of benzene rings is 2. The lowest BCUT2D eigenvalue weighted by atomic mass is 9.95. The maximum atomic E-state index is 13.1. The number of aromatic amines is 1. The highest BCUT2D eigenvalue weighted by molar-refractivity contribution is 6.15. The molecule has 0 aliphatic carbocycles. The number of fused-ring (bicyclic) bond motifs is 1. The van der Waals surface area contributed by atoms with Crippen molar-refractivity contribution >= 4 is 22.6 Å². The second kappa shape index (κ2) is 7.77. The molecule has 0 saturated heterocycles. The van der Waals surface area contributed by atoms with E-state index in [2.05, 4.69) is 4.98 Å². The van der Waals surface area contributed by atoms with Crippen molar-refractivity contribution in [2.24, 2.45) is 0 Å². The van der Waals surface area contributed by atoms with Gasteiger partial charge in [-0.2, -0.15) is 0 Å². The molecule has 0 bridgehead atoms. The Balaban J connectivity index is 1.51. The normalized spacial score (nSPS) is 16.3. The first-order valence-electron chi connectivity index (χ1n) is 10.2. The molecule has 1 amide bonds. The predicted molar refractivity (Wildman–Crippen MR) is 117 cm³/mol. The number of aliphatic hydroxyl groups excluding tert-OH is 1. The van der Waals surface area contributed by atoms with Crippen molar-refractivity contribution in [3.05, 3.63) is 101 Å². The zero-order valence-corrected chi connectivity index (χ0v) is 17.0. The zero-order chi connectivity index (χ0) is 22.2. The number of aromatic hydroxyl groups is 1. The molecule has 3 N–H and O–H groups in total. The highest BCUT2D eigenvalue weighted by Gasteiger charge is 2.44. The number of hydrogen-bond acceptors (Lipinski definition) is 5. The van der Waals surface area contributed by atoms with Crippen LogP contribution in [-0.4, -0.2) is 38.3 Å². The molecule has 4 aromatic rings. The van der Waals surface area contributed by atoms with E-state index in [0.29, 0.717) is 12.0 Å². The summed E-state index contributed by atoms with van der Waals surface area (Å²) < 4.78 is 5.23. The van der Waals surface area contributed by atoms with Crippen LogP contribution in [0.25, 0.3) is 10.9 Å². The third-order valence-corrected chi connectivity index (χ3v) is 5.80. The third kappa shape index (κ3) is 3.24. The molecule has 160 valence electrons. The molecule has 1 unspecified atom stereocenters. The molecule has 0 fully saturated rings. The molecular weight excluding hydrogens is 408 g/mol. The molecule has 0 saturated carbocycles. The largest absolute Gasteiger partial charge is 0.508 e. The summed E-state index contributed by atoms with van der Waals surface area (Å²) in [7, 11) is 0. The van der Waals surface area contributed by atoms with Crippen molar-refractivity contribution in [3.8, 4) is 5.75 Å². The minimum atomic E-state index is -0.800. The number of amides is 1. The summed E-state index contributed by atoms with van der Waals surface area (Å²) in [5, 5.41) is 21.4. The number of carbonyl (C=O) groups is 2. The molecule has 32 heavy (non-hydrogen) atoms. The van der Waals surface area contributed by atoms with Crippen molar-refractivity contribution in [1.82, 2.24) is 9.88 Å². The number of phenols is 1. The van der Waals surface area contributed by atoms with E-state index in [1.165, 1.54) is 29.4 Å². The number of phenolic OH excluding ortho intramolecular Hbond substituents is 1. The molecule has 1 aliphatic heterocycles. The smallest absolute Gasteiger partial charge is 0.290 e. The number of Topliss-reactive ketones (excluding diaryl/α,β-unsaturated/α-hetero) is 1. The fraction of sp³-hybridized carbons (Fsp3) is 0.120. The van der Waals surface area contributed by atoms with Gasteiger partial charge in [0.05, 0.1) is 17.9 Å². The number of ketones is 1. The number of hydrogen-bond donors (Lipinski definition) is 3. The molecule has 1 atom stereocenters. The van der Waals surface area contributed by atoms with E-state index in [1.54, 1.807) is 18.2 Å². The molecule has 3 heterocycles. The molecule has 0 radical (unpaired) electrons. The fourth-order valence-electron chi connectivity index (χ4n) is 4.24. The van der Waals surface area contributed by atoms with Crippen LogP contribution in [0.5, 0.6) is 5.75 Å². The van der Waals surface area contributed by atoms with Crippen LogP contribution in [0.1, 0.15) is 27.7 Å². The van der Waals surface area contributed by atoms with Crippen LogP contribution < -0.4 is 0 Å². The molecule has 5 rings (SSSR count). The first-order valence-corrected chi connectivity index (χ1v) is 10.2. The van der Waals surface area contributed by atoms with Gasteiger partial charge in [0, 0.05) is 23.6 Å². The van der Waals surface area contributed by atoms with Crippen molar-refractivity contribution < 1.29 is 24.2 Å². The lowest BCUT2D eigenvalue weighted by Crippen LogP contribution is -2.33. The van der Waals surface area contributed by atoms with Gasteiger partial charge in [0.15, 0.2) is 11.5 Å². The Bertz CT molecular complexity index is 1330. The topological polar surface area (TPSA) is 107 Å². The van der Waals surface area contributed by atoms with Crippen LogP contribution in [-0.2, 0) is 11.2 Å². The van der Waals surface area contributed by atoms with Crippen LogP contribution in [0.3, 0.4) is 0 Å². The van der Waals surface area contributed by atoms with E-state index in [-0.39, 0.29) is 23.6 Å². The lowest BCUT2D eigenvalue weighted by Gasteiger charge is -2.26. The number of nitrogens with zero attached hydrogens (tertiary/aromatic N) is 1. The van der Waals surface area contributed by atoms with Gasteiger partial charge in [0.2, 0.25) is 5.78 Å². The zero-order valence-electron chi connectivity index (χ0n) is 17.0. The molecule has 7 nitrogen and oxygen atoms in total. The van der Waals surface area contributed by atoms with Crippen molar-refractivity contribution in [1.29, 1.82) is 0 Å². The maximum absolute atomic E-state index is 13.1. The van der Waals surface area contributed by atoms with Gasteiger partial charge < -0.3 is 24.5 Å². The second-order valence-electron chi connectivity index (χ2n) is 7.67. The molecule has 2 aromatic carbocycles. The third-order valence-electron chi connectivity index (χ3n) is 5.80. The quantitative estimate of drug-likeness (QED) is 0.397. The van der Waals surface area contributed by atoms with E-state index in [9.17, 15) is 19.8 Å². The fourth-order valence-corrected chi connectivity index (χ4v) is 4.24. The van der Waals surface area contributed by atoms with Crippen LogP contribution in [0.4, 0.5) is 0 Å². The summed E-state index contributed by atoms with van der Waals surface area (Å²) in [4.78, 5) is 30.9. The van der Waals surface area contributed by atoms with Gasteiger partial charge in [-0.15, -0.1) is 0 Å². The summed E-state index contributed by atoms with van der Waals surface area (Å²) in [6.07, 6.45) is 3.80. The Kier molecular flexibility index (Phi) is 4.78. The Hall–Kier alpha value is -4.26. The first-order chi connectivity index (χ1) is 15.5. The van der Waals surface area contributed by atoms with E-state index in [1.807, 2.05) is 30.5 Å². The number of aliphatic hydroxyl groups is 1. The molecule has 7 heteroatoms. The van der Waals surface area contributed by atoms with Crippen LogP contribution >= 0.6 is 0 Å². The molecule has 1 aliphatic rings. The van der Waals surface area contributed by atoms with Crippen molar-refractivity contribution in [3.63, 3.8) is 0 Å². The lowest BCUT2D eigenvalue weighted by molar-refractivity contribution is -0.129. The number of aromatic nitrogens is 1. The van der Waals surface area contributed by atoms with Gasteiger partial charge >= 0.3 is 0 Å². The first kappa shape index (κ1) is 19.7. The van der Waals surface area contributed by atoms with Gasteiger partial charge in [-0.1, -0.05) is 30.3 Å². The minimum Gasteiger partial charge on any atom is -0.508 e. The second-order valence-corrected chi connectivity index (χ2v) is 7.67. The summed E-state index contributed by atoms with van der Waals surface area (Å²) in [5.74, 6) is -1.63. The van der Waals surface area contributed by atoms with Gasteiger partial charge in [0.25, 0.3) is 5.91 Å². The Morgan fingerprint density at radius 2 is 1.81 bits per heavy atom. The average molecular weight is 428 g/mol. The van der Waals surface area contributed by atoms with Crippen LogP contribution in [0.15, 0.2) is 88.9 Å². The summed E-state index contributed by atoms with van der Waals surface area (Å²) >= 11 is 0. The SMILES string of the molecule is O=C(C1=C(O)C(=O)N(CCc2c[nH]c3ccccc23)C1c1ccc(O)cc1)c1ccco1. The van der Waals surface area contributed by atoms with Crippen molar-refractivity contribution in [2.75, 3.05) is 6.54 Å². The number of rotatable bonds is 6. The van der Waals surface area contributed by atoms with Crippen molar-refractivity contribution in [2.45, 2.75) is 12.5 Å². The van der Waals surface area contributed by atoms with Gasteiger partial charge in [-0.25, -0.2) is 0 Å². The van der Waals surface area contributed by atoms with Crippen LogP contribution in [0, 0.1) is 0 Å². The van der Waals surface area contributed by atoms with Gasteiger partial charge in [-0.3, -0.25) is 9.59 Å². The number of furan rings is 1. The summed E-state index contributed by atoms with van der Waals surface area (Å²) in [6.45, 7) is 0.283. The Labute approximate surface area is 183 Å². The number of H-pyrrole nitrogens is 1. The van der Waals surface area contributed by atoms with E-state index in [0.717, 1.165) is 16.5 Å².